The number of piperazine rings is 1. The first-order valence-electron chi connectivity index (χ1n) is 9.86. The molecule has 2 saturated heterocycles. The normalized spacial score (nSPS) is 25.1. The van der Waals surface area contributed by atoms with Crippen molar-refractivity contribution in [1.82, 2.24) is 9.80 Å². The predicted molar refractivity (Wildman–Crippen MR) is 102 cm³/mol. The Morgan fingerprint density at radius 2 is 2.00 bits per heavy atom. The maximum atomic E-state index is 12.4. The Labute approximate surface area is 165 Å². The van der Waals surface area contributed by atoms with Gasteiger partial charge in [-0.05, 0) is 44.9 Å². The Morgan fingerprint density at radius 3 is 2.75 bits per heavy atom. The van der Waals surface area contributed by atoms with E-state index in [4.69, 9.17) is 14.2 Å². The highest BCUT2D eigenvalue weighted by molar-refractivity contribution is 5.93. The van der Waals surface area contributed by atoms with Crippen molar-refractivity contribution in [1.29, 1.82) is 0 Å². The summed E-state index contributed by atoms with van der Waals surface area (Å²) in [5, 5.41) is 0. The molecule has 2 fully saturated rings. The number of rotatable bonds is 1. The van der Waals surface area contributed by atoms with Crippen molar-refractivity contribution < 1.29 is 23.8 Å². The fourth-order valence-corrected chi connectivity index (χ4v) is 4.18. The molecule has 4 rings (SSSR count). The van der Waals surface area contributed by atoms with Gasteiger partial charge < -0.3 is 19.1 Å². The number of carbonyl (C=O) groups excluding carboxylic acids is 2. The molecular formula is C21H28N2O5. The lowest BCUT2D eigenvalue weighted by Gasteiger charge is -2.46. The molecule has 0 unspecified atom stereocenters. The van der Waals surface area contributed by atoms with Crippen LogP contribution in [0.2, 0.25) is 0 Å². The van der Waals surface area contributed by atoms with Crippen LogP contribution in [-0.2, 0) is 20.8 Å². The fourth-order valence-electron chi connectivity index (χ4n) is 4.18. The average Bonchev–Trinajstić information content (AvgIpc) is 3.02. The molecule has 152 valence electrons. The molecule has 0 radical (unpaired) electrons. The van der Waals surface area contributed by atoms with Gasteiger partial charge in [0.15, 0.2) is 0 Å². The van der Waals surface area contributed by atoms with Crippen molar-refractivity contribution in [3.8, 4) is 0 Å². The summed E-state index contributed by atoms with van der Waals surface area (Å²) in [6.45, 7) is 11.4. The van der Waals surface area contributed by atoms with Crippen LogP contribution in [-0.4, -0.2) is 66.3 Å². The average molecular weight is 388 g/mol. The van der Waals surface area contributed by atoms with Gasteiger partial charge in [-0.3, -0.25) is 4.90 Å². The van der Waals surface area contributed by atoms with Crippen LogP contribution < -0.4 is 0 Å². The van der Waals surface area contributed by atoms with Gasteiger partial charge in [-0.1, -0.05) is 6.07 Å². The molecule has 0 aromatic heterocycles. The van der Waals surface area contributed by atoms with E-state index in [2.05, 4.69) is 4.90 Å². The van der Waals surface area contributed by atoms with Crippen molar-refractivity contribution in [3.63, 3.8) is 0 Å². The third kappa shape index (κ3) is 3.61. The summed E-state index contributed by atoms with van der Waals surface area (Å²) in [6.07, 6.45) is -0.293. The molecule has 1 amide bonds. The summed E-state index contributed by atoms with van der Waals surface area (Å²) in [4.78, 5) is 28.3. The second-order valence-corrected chi connectivity index (χ2v) is 8.78. The first-order valence-corrected chi connectivity index (χ1v) is 9.86. The summed E-state index contributed by atoms with van der Waals surface area (Å²) >= 11 is 0. The molecule has 3 heterocycles. The largest absolute Gasteiger partial charge is 0.457 e. The first-order chi connectivity index (χ1) is 13.2. The molecule has 3 aliphatic rings. The van der Waals surface area contributed by atoms with E-state index >= 15 is 0 Å². The number of fused-ring (bicyclic) bond motifs is 2. The zero-order valence-corrected chi connectivity index (χ0v) is 17.0. The molecule has 1 aromatic rings. The third-order valence-corrected chi connectivity index (χ3v) is 5.70. The molecule has 0 N–H and O–H groups in total. The van der Waals surface area contributed by atoms with E-state index in [1.165, 1.54) is 0 Å². The smallest absolute Gasteiger partial charge is 0.410 e. The SMILES string of the molecule is Cc1c([C@H]2CN3CCN(C(=O)OC(C)(C)C)C[C@H]3CO2)ccc2c1COC2=O. The highest BCUT2D eigenvalue weighted by atomic mass is 16.6. The van der Waals surface area contributed by atoms with Crippen LogP contribution >= 0.6 is 0 Å². The number of carbonyl (C=O) groups is 2. The fraction of sp³-hybridized carbons (Fsp3) is 0.619. The van der Waals surface area contributed by atoms with Crippen LogP contribution in [0.15, 0.2) is 12.1 Å². The standard InChI is InChI=1S/C21H28N2O5/c1-13-15(5-6-16-17(13)12-27-19(16)24)18-10-22-7-8-23(9-14(22)11-26-18)20(25)28-21(2,3)4/h5-6,14,18H,7-12H2,1-4H3/t14-,18+/m0/s1. The predicted octanol–water partition coefficient (Wildman–Crippen LogP) is 2.66. The maximum Gasteiger partial charge on any atom is 0.410 e. The number of benzene rings is 1. The molecule has 7 nitrogen and oxygen atoms in total. The van der Waals surface area contributed by atoms with Gasteiger partial charge in [0.05, 0.1) is 24.3 Å². The third-order valence-electron chi connectivity index (χ3n) is 5.70. The van der Waals surface area contributed by atoms with Gasteiger partial charge in [0.25, 0.3) is 0 Å². The number of amides is 1. The van der Waals surface area contributed by atoms with Gasteiger partial charge in [0, 0.05) is 31.7 Å². The number of cyclic esters (lactones) is 1. The molecule has 7 heteroatoms. The van der Waals surface area contributed by atoms with Crippen LogP contribution in [0, 0.1) is 6.92 Å². The number of esters is 1. The van der Waals surface area contributed by atoms with Crippen LogP contribution in [0.5, 0.6) is 0 Å². The van der Waals surface area contributed by atoms with Crippen molar-refractivity contribution in [2.24, 2.45) is 0 Å². The second-order valence-electron chi connectivity index (χ2n) is 8.78. The molecule has 1 aromatic carbocycles. The van der Waals surface area contributed by atoms with Crippen LogP contribution in [0.4, 0.5) is 4.79 Å². The van der Waals surface area contributed by atoms with E-state index in [1.54, 1.807) is 4.90 Å². The van der Waals surface area contributed by atoms with Gasteiger partial charge in [-0.2, -0.15) is 0 Å². The summed E-state index contributed by atoms with van der Waals surface area (Å²) in [5.74, 6) is -0.243. The Morgan fingerprint density at radius 1 is 1.21 bits per heavy atom. The number of ether oxygens (including phenoxy) is 3. The zero-order chi connectivity index (χ0) is 20.1. The van der Waals surface area contributed by atoms with E-state index in [9.17, 15) is 9.59 Å². The van der Waals surface area contributed by atoms with E-state index in [1.807, 2.05) is 39.8 Å². The lowest BCUT2D eigenvalue weighted by Crippen LogP contribution is -2.60. The number of nitrogens with zero attached hydrogens (tertiary/aromatic N) is 2. The van der Waals surface area contributed by atoms with Gasteiger partial charge in [-0.15, -0.1) is 0 Å². The van der Waals surface area contributed by atoms with Gasteiger partial charge in [0.2, 0.25) is 0 Å². The van der Waals surface area contributed by atoms with Gasteiger partial charge in [0.1, 0.15) is 12.2 Å². The van der Waals surface area contributed by atoms with Crippen molar-refractivity contribution >= 4 is 12.1 Å². The molecule has 0 aliphatic carbocycles. The van der Waals surface area contributed by atoms with Crippen molar-refractivity contribution in [3.05, 3.63) is 34.4 Å². The van der Waals surface area contributed by atoms with E-state index in [0.29, 0.717) is 31.9 Å². The number of hydrogen-bond donors (Lipinski definition) is 0. The van der Waals surface area contributed by atoms with Crippen molar-refractivity contribution in [2.75, 3.05) is 32.8 Å². The van der Waals surface area contributed by atoms with E-state index in [-0.39, 0.29) is 24.2 Å². The van der Waals surface area contributed by atoms with Crippen molar-refractivity contribution in [2.45, 2.75) is 52.0 Å². The summed E-state index contributed by atoms with van der Waals surface area (Å²) in [7, 11) is 0. The Kier molecular flexibility index (Phi) is 4.83. The molecule has 0 bridgehead atoms. The molecule has 3 aliphatic heterocycles. The van der Waals surface area contributed by atoms with Crippen LogP contribution in [0.1, 0.15) is 53.9 Å². The first kappa shape index (κ1) is 19.2. The lowest BCUT2D eigenvalue weighted by molar-refractivity contribution is -0.0908. The minimum Gasteiger partial charge on any atom is -0.457 e. The quantitative estimate of drug-likeness (QED) is 0.689. The van der Waals surface area contributed by atoms with E-state index in [0.717, 1.165) is 29.8 Å². The summed E-state index contributed by atoms with van der Waals surface area (Å²) < 4.78 is 16.8. The summed E-state index contributed by atoms with van der Waals surface area (Å²) in [6, 6.07) is 4.02. The molecule has 2 atom stereocenters. The van der Waals surface area contributed by atoms with E-state index < -0.39 is 5.60 Å². The Balaban J connectivity index is 1.42. The second kappa shape index (κ2) is 7.04. The van der Waals surface area contributed by atoms with Gasteiger partial charge >= 0.3 is 12.1 Å². The zero-order valence-electron chi connectivity index (χ0n) is 17.0. The topological polar surface area (TPSA) is 68.3 Å². The summed E-state index contributed by atoms with van der Waals surface area (Å²) in [5.41, 5.74) is 3.35. The molecule has 28 heavy (non-hydrogen) atoms. The number of morpholine rings is 1. The molecule has 0 spiro atoms. The van der Waals surface area contributed by atoms with Crippen LogP contribution in [0.25, 0.3) is 0 Å². The Bertz CT molecular complexity index is 801. The highest BCUT2D eigenvalue weighted by Gasteiger charge is 2.37. The molecule has 0 saturated carbocycles. The monoisotopic (exact) mass is 388 g/mol. The molecular weight excluding hydrogens is 360 g/mol. The minimum atomic E-state index is -0.488. The Hall–Kier alpha value is -2.12. The van der Waals surface area contributed by atoms with Crippen LogP contribution in [0.3, 0.4) is 0 Å². The van der Waals surface area contributed by atoms with Gasteiger partial charge in [-0.25, -0.2) is 9.59 Å². The number of hydrogen-bond acceptors (Lipinski definition) is 6. The lowest BCUT2D eigenvalue weighted by atomic mass is 9.94. The maximum absolute atomic E-state index is 12.4. The minimum absolute atomic E-state index is 0.0367. The highest BCUT2D eigenvalue weighted by Crippen LogP contribution is 2.33.